The maximum atomic E-state index is 11.0. The number of hydrogen-bond acceptors (Lipinski definition) is 1. The van der Waals surface area contributed by atoms with Gasteiger partial charge in [0.15, 0.2) is 0 Å². The lowest BCUT2D eigenvalue weighted by Gasteiger charge is -1.96. The zero-order valence-corrected chi connectivity index (χ0v) is 9.22. The third-order valence-electron chi connectivity index (χ3n) is 1.19. The van der Waals surface area contributed by atoms with Gasteiger partial charge in [-0.3, -0.25) is 9.14 Å². The first-order valence-corrected chi connectivity index (χ1v) is 4.78. The summed E-state index contributed by atoms with van der Waals surface area (Å²) in [5.74, 6) is -0.124. The average Bonchev–Trinajstić information content (AvgIpc) is 2.05. The molecule has 0 aromatic heterocycles. The molecule has 0 fully saturated rings. The summed E-state index contributed by atoms with van der Waals surface area (Å²) in [6.45, 7) is 0. The molecular formula is C7H5BrINO. The first kappa shape index (κ1) is 8.99. The molecule has 2 nitrogen and oxygen atoms in total. The Morgan fingerprint density at radius 2 is 1.91 bits per heavy atom. The molecule has 0 aliphatic rings. The summed E-state index contributed by atoms with van der Waals surface area (Å²) in [7, 11) is 0. The van der Waals surface area contributed by atoms with Crippen molar-refractivity contribution in [3.8, 4) is 0 Å². The van der Waals surface area contributed by atoms with E-state index in [1.165, 1.54) is 0 Å². The van der Waals surface area contributed by atoms with Gasteiger partial charge in [-0.15, -0.1) is 0 Å². The molecule has 1 aromatic carbocycles. The molecule has 1 rings (SSSR count). The minimum Gasteiger partial charge on any atom is -0.289 e. The third-order valence-corrected chi connectivity index (χ3v) is 2.27. The topological polar surface area (TPSA) is 29.1 Å². The van der Waals surface area contributed by atoms with Crippen LogP contribution < -0.4 is 4.34 Å². The lowest BCUT2D eigenvalue weighted by atomic mass is 10.2. The molecule has 0 heterocycles. The molecule has 4 heteroatoms. The van der Waals surface area contributed by atoms with Crippen LogP contribution in [0.3, 0.4) is 0 Å². The molecule has 0 aliphatic heterocycles. The van der Waals surface area contributed by atoms with Gasteiger partial charge in [-0.05, 0) is 46.9 Å². The van der Waals surface area contributed by atoms with E-state index in [0.29, 0.717) is 5.56 Å². The van der Waals surface area contributed by atoms with Gasteiger partial charge in [-0.25, -0.2) is 0 Å². The van der Waals surface area contributed by atoms with Gasteiger partial charge in [0.1, 0.15) is 0 Å². The van der Waals surface area contributed by atoms with Gasteiger partial charge in [0, 0.05) is 25.3 Å². The predicted octanol–water partition coefficient (Wildman–Crippen LogP) is 2.33. The Morgan fingerprint density at radius 3 is 2.36 bits per heavy atom. The molecule has 0 bridgehead atoms. The fourth-order valence-electron chi connectivity index (χ4n) is 0.656. The number of carbonyl (C=O) groups is 1. The van der Waals surface area contributed by atoms with Gasteiger partial charge < -0.3 is 0 Å². The average molecular weight is 326 g/mol. The minimum absolute atomic E-state index is 0.124. The number of amides is 1. The number of rotatable bonds is 1. The van der Waals surface area contributed by atoms with Crippen LogP contribution in [0, 0.1) is 3.57 Å². The second-order valence-corrected chi connectivity index (χ2v) is 3.57. The summed E-state index contributed by atoms with van der Waals surface area (Å²) in [4.78, 5) is 11.0. The molecule has 0 saturated heterocycles. The fourth-order valence-corrected chi connectivity index (χ4v) is 1.24. The normalized spacial score (nSPS) is 9.27. The van der Waals surface area contributed by atoms with E-state index >= 15 is 0 Å². The molecular weight excluding hydrogens is 321 g/mol. The Hall–Kier alpha value is -0.100. The molecule has 0 radical (unpaired) electrons. The molecule has 0 spiro atoms. The SMILES string of the molecule is O=C(NBr)c1ccc(I)cc1. The van der Waals surface area contributed by atoms with Crippen LogP contribution in [-0.2, 0) is 0 Å². The summed E-state index contributed by atoms with van der Waals surface area (Å²) in [5.41, 5.74) is 0.655. The molecule has 0 unspecified atom stereocenters. The number of benzene rings is 1. The highest BCUT2D eigenvalue weighted by Gasteiger charge is 2.00. The maximum Gasteiger partial charge on any atom is 0.261 e. The highest BCUT2D eigenvalue weighted by molar-refractivity contribution is 14.1. The molecule has 1 N–H and O–H groups in total. The highest BCUT2D eigenvalue weighted by Crippen LogP contribution is 2.06. The van der Waals surface area contributed by atoms with Crippen molar-refractivity contribution < 1.29 is 4.79 Å². The van der Waals surface area contributed by atoms with E-state index in [1.54, 1.807) is 12.1 Å². The maximum absolute atomic E-state index is 11.0. The fraction of sp³-hybridized carbons (Fsp3) is 0. The molecule has 58 valence electrons. The van der Waals surface area contributed by atoms with E-state index in [9.17, 15) is 4.79 Å². The Morgan fingerprint density at radius 1 is 1.36 bits per heavy atom. The van der Waals surface area contributed by atoms with Gasteiger partial charge in [0.25, 0.3) is 5.91 Å². The van der Waals surface area contributed by atoms with E-state index in [0.717, 1.165) is 3.57 Å². The van der Waals surface area contributed by atoms with Gasteiger partial charge in [0.2, 0.25) is 0 Å². The Labute approximate surface area is 86.8 Å². The van der Waals surface area contributed by atoms with Crippen molar-refractivity contribution >= 4 is 44.6 Å². The number of nitrogens with one attached hydrogen (secondary N) is 1. The first-order valence-electron chi connectivity index (χ1n) is 2.90. The van der Waals surface area contributed by atoms with Gasteiger partial charge in [-0.2, -0.15) is 0 Å². The van der Waals surface area contributed by atoms with E-state index in [1.807, 2.05) is 12.1 Å². The summed E-state index contributed by atoms with van der Waals surface area (Å²) >= 11 is 5.06. The molecule has 0 saturated carbocycles. The molecule has 1 amide bonds. The summed E-state index contributed by atoms with van der Waals surface area (Å²) in [6.07, 6.45) is 0. The largest absolute Gasteiger partial charge is 0.289 e. The van der Waals surface area contributed by atoms with Crippen LogP contribution in [0.2, 0.25) is 0 Å². The Balaban J connectivity index is 2.90. The minimum atomic E-state index is -0.124. The zero-order valence-electron chi connectivity index (χ0n) is 5.47. The van der Waals surface area contributed by atoms with E-state index < -0.39 is 0 Å². The van der Waals surface area contributed by atoms with Crippen LogP contribution in [0.25, 0.3) is 0 Å². The molecule has 1 aromatic rings. The number of carbonyl (C=O) groups excluding carboxylic acids is 1. The molecule has 0 aliphatic carbocycles. The first-order chi connectivity index (χ1) is 5.24. The number of hydrogen-bond donors (Lipinski definition) is 1. The van der Waals surface area contributed by atoms with Crippen molar-refractivity contribution in [1.82, 2.24) is 4.34 Å². The Kier molecular flexibility index (Phi) is 3.32. The predicted molar refractivity (Wildman–Crippen MR) is 55.6 cm³/mol. The van der Waals surface area contributed by atoms with Crippen LogP contribution in [0.4, 0.5) is 0 Å². The van der Waals surface area contributed by atoms with E-state index in [4.69, 9.17) is 0 Å². The smallest absolute Gasteiger partial charge is 0.261 e. The molecule has 11 heavy (non-hydrogen) atoms. The van der Waals surface area contributed by atoms with Gasteiger partial charge >= 0.3 is 0 Å². The van der Waals surface area contributed by atoms with Gasteiger partial charge in [0.05, 0.1) is 0 Å². The molecule has 0 atom stereocenters. The van der Waals surface area contributed by atoms with Crippen molar-refractivity contribution in [3.05, 3.63) is 33.4 Å². The monoisotopic (exact) mass is 325 g/mol. The summed E-state index contributed by atoms with van der Waals surface area (Å²) in [6, 6.07) is 7.33. The van der Waals surface area contributed by atoms with Crippen molar-refractivity contribution in [2.75, 3.05) is 0 Å². The van der Waals surface area contributed by atoms with Crippen molar-refractivity contribution in [1.29, 1.82) is 0 Å². The number of halogens is 2. The van der Waals surface area contributed by atoms with Crippen LogP contribution in [0.1, 0.15) is 10.4 Å². The summed E-state index contributed by atoms with van der Waals surface area (Å²) < 4.78 is 3.49. The van der Waals surface area contributed by atoms with E-state index in [2.05, 4.69) is 43.1 Å². The van der Waals surface area contributed by atoms with Gasteiger partial charge in [-0.1, -0.05) is 0 Å². The quantitative estimate of drug-likeness (QED) is 0.623. The third kappa shape index (κ3) is 2.44. The van der Waals surface area contributed by atoms with Crippen molar-refractivity contribution in [3.63, 3.8) is 0 Å². The van der Waals surface area contributed by atoms with Crippen LogP contribution >= 0.6 is 38.7 Å². The van der Waals surface area contributed by atoms with E-state index in [-0.39, 0.29) is 5.91 Å². The Bertz CT molecular complexity index is 260. The van der Waals surface area contributed by atoms with Crippen LogP contribution in [0.5, 0.6) is 0 Å². The second kappa shape index (κ2) is 4.06. The lowest BCUT2D eigenvalue weighted by Crippen LogP contribution is -2.11. The second-order valence-electron chi connectivity index (χ2n) is 1.93. The van der Waals surface area contributed by atoms with Crippen LogP contribution in [0.15, 0.2) is 24.3 Å². The van der Waals surface area contributed by atoms with Crippen molar-refractivity contribution in [2.45, 2.75) is 0 Å². The zero-order chi connectivity index (χ0) is 8.27. The lowest BCUT2D eigenvalue weighted by molar-refractivity contribution is 0.0986. The van der Waals surface area contributed by atoms with Crippen molar-refractivity contribution in [2.24, 2.45) is 0 Å². The summed E-state index contributed by atoms with van der Waals surface area (Å²) in [5, 5.41) is 0. The highest BCUT2D eigenvalue weighted by atomic mass is 127. The standard InChI is InChI=1S/C7H5BrINO/c8-10-7(11)5-1-3-6(9)4-2-5/h1-4H,(H,10,11). The van der Waals surface area contributed by atoms with Crippen LogP contribution in [-0.4, -0.2) is 5.91 Å².